The van der Waals surface area contributed by atoms with E-state index in [4.69, 9.17) is 18.5 Å². The van der Waals surface area contributed by atoms with Crippen molar-refractivity contribution in [2.24, 2.45) is 0 Å². The summed E-state index contributed by atoms with van der Waals surface area (Å²) in [7, 11) is -2.35. The number of phosphoric ester groups is 1. The second kappa shape index (κ2) is 21.3. The highest BCUT2D eigenvalue weighted by molar-refractivity contribution is 7.45. The van der Waals surface area contributed by atoms with Gasteiger partial charge in [0, 0.05) is 26.4 Å². The molecule has 1 aliphatic rings. The number of ether oxygens (including phenoxy) is 2. The van der Waals surface area contributed by atoms with Gasteiger partial charge in [0.05, 0.1) is 33.4 Å². The molecule has 0 bridgehead atoms. The number of carbonyl (C=O) groups excluding carboxylic acids is 1. The highest BCUT2D eigenvalue weighted by atomic mass is 31.2. The van der Waals surface area contributed by atoms with Crippen LogP contribution in [0, 0.1) is 0 Å². The lowest BCUT2D eigenvalue weighted by molar-refractivity contribution is -0.897. The van der Waals surface area contributed by atoms with Gasteiger partial charge in [-0.3, -0.25) is 9.36 Å². The monoisotopic (exact) mass is 549 g/mol. The Bertz CT molecular complexity index is 613. The zero-order valence-corrected chi connectivity index (χ0v) is 25.0. The second-order valence-corrected chi connectivity index (χ2v) is 12.4. The van der Waals surface area contributed by atoms with Crippen LogP contribution in [0.25, 0.3) is 0 Å². The van der Waals surface area contributed by atoms with E-state index in [1.54, 1.807) is 0 Å². The molecule has 0 aromatic heterocycles. The number of hydrogen-bond acceptors (Lipinski definition) is 7. The van der Waals surface area contributed by atoms with E-state index in [9.17, 15) is 14.3 Å². The van der Waals surface area contributed by atoms with Crippen LogP contribution in [0.2, 0.25) is 0 Å². The molecule has 0 saturated carbocycles. The Morgan fingerprint density at radius 3 is 1.84 bits per heavy atom. The Kier molecular flexibility index (Phi) is 19.9. The minimum atomic E-state index is -4.46. The Morgan fingerprint density at radius 2 is 1.32 bits per heavy atom. The Labute approximate surface area is 227 Å². The SMILES string of the molecule is CCCCCCCCCCCCCCCCOC[C@@H](COP(=O)([O-])OCC[N+]1(C)CCCC1)OC(C)=O. The van der Waals surface area contributed by atoms with Crippen molar-refractivity contribution in [3.63, 3.8) is 0 Å². The predicted molar refractivity (Wildman–Crippen MR) is 146 cm³/mol. The lowest BCUT2D eigenvalue weighted by Crippen LogP contribution is -2.43. The fraction of sp³-hybridized carbons (Fsp3) is 0.964. The minimum Gasteiger partial charge on any atom is -0.756 e. The molecule has 2 atom stereocenters. The van der Waals surface area contributed by atoms with Crippen molar-refractivity contribution in [3.8, 4) is 0 Å². The molecule has 1 fully saturated rings. The molecule has 1 rings (SSSR count). The van der Waals surface area contributed by atoms with Gasteiger partial charge in [-0.2, -0.15) is 0 Å². The molecule has 0 aliphatic carbocycles. The fourth-order valence-corrected chi connectivity index (χ4v) is 5.60. The number of hydrogen-bond donors (Lipinski definition) is 0. The Balaban J connectivity index is 2.04. The van der Waals surface area contributed by atoms with Gasteiger partial charge < -0.3 is 27.9 Å². The third-order valence-electron chi connectivity index (χ3n) is 7.22. The highest BCUT2D eigenvalue weighted by Crippen LogP contribution is 2.38. The number of likely N-dealkylation sites (tertiary alicyclic amines) is 1. The van der Waals surface area contributed by atoms with Gasteiger partial charge in [0.25, 0.3) is 7.82 Å². The molecule has 1 saturated heterocycles. The Hall–Kier alpha value is -0.500. The summed E-state index contributed by atoms with van der Waals surface area (Å²) < 4.78 is 33.8. The number of esters is 1. The van der Waals surface area contributed by atoms with E-state index >= 15 is 0 Å². The van der Waals surface area contributed by atoms with Crippen molar-refractivity contribution in [3.05, 3.63) is 0 Å². The lowest BCUT2D eigenvalue weighted by atomic mass is 10.0. The summed E-state index contributed by atoms with van der Waals surface area (Å²) in [6, 6.07) is 0. The van der Waals surface area contributed by atoms with Crippen LogP contribution in [0.15, 0.2) is 0 Å². The van der Waals surface area contributed by atoms with Crippen molar-refractivity contribution >= 4 is 13.8 Å². The number of unbranched alkanes of at least 4 members (excludes halogenated alkanes) is 13. The summed E-state index contributed by atoms with van der Waals surface area (Å²) in [4.78, 5) is 23.5. The number of quaternary nitrogens is 1. The first-order chi connectivity index (χ1) is 17.8. The van der Waals surface area contributed by atoms with Gasteiger partial charge in [-0.15, -0.1) is 0 Å². The number of phosphoric acid groups is 1. The average Bonchev–Trinajstić information content (AvgIpc) is 3.28. The molecule has 1 unspecified atom stereocenters. The van der Waals surface area contributed by atoms with Gasteiger partial charge in [0.2, 0.25) is 0 Å². The van der Waals surface area contributed by atoms with Crippen LogP contribution in [0.4, 0.5) is 0 Å². The maximum Gasteiger partial charge on any atom is 0.303 e. The molecule has 8 nitrogen and oxygen atoms in total. The van der Waals surface area contributed by atoms with Gasteiger partial charge in [-0.25, -0.2) is 0 Å². The van der Waals surface area contributed by atoms with Crippen LogP contribution in [-0.2, 0) is 27.9 Å². The summed E-state index contributed by atoms with van der Waals surface area (Å²) >= 11 is 0. The van der Waals surface area contributed by atoms with Gasteiger partial charge in [-0.05, 0) is 6.42 Å². The molecule has 37 heavy (non-hydrogen) atoms. The second-order valence-electron chi connectivity index (χ2n) is 11.0. The summed E-state index contributed by atoms with van der Waals surface area (Å²) in [5.41, 5.74) is 0. The van der Waals surface area contributed by atoms with Crippen LogP contribution >= 0.6 is 7.82 Å². The zero-order valence-electron chi connectivity index (χ0n) is 24.1. The van der Waals surface area contributed by atoms with Crippen molar-refractivity contribution in [2.45, 2.75) is 123 Å². The first kappa shape index (κ1) is 34.5. The molecule has 1 aliphatic heterocycles. The van der Waals surface area contributed by atoms with Gasteiger partial charge >= 0.3 is 5.97 Å². The van der Waals surface area contributed by atoms with E-state index in [0.717, 1.165) is 43.3 Å². The molecule has 9 heteroatoms. The third kappa shape index (κ3) is 20.1. The largest absolute Gasteiger partial charge is 0.756 e. The molecule has 0 aromatic carbocycles. The fourth-order valence-electron chi connectivity index (χ4n) is 4.87. The van der Waals surface area contributed by atoms with Crippen LogP contribution in [0.3, 0.4) is 0 Å². The van der Waals surface area contributed by atoms with E-state index in [1.165, 1.54) is 84.0 Å². The van der Waals surface area contributed by atoms with E-state index in [0.29, 0.717) is 13.2 Å². The first-order valence-corrected chi connectivity index (χ1v) is 16.4. The molecule has 1 heterocycles. The number of likely N-dealkylation sites (N-methyl/N-ethyl adjacent to an activating group) is 1. The van der Waals surface area contributed by atoms with E-state index in [-0.39, 0.29) is 19.8 Å². The highest BCUT2D eigenvalue weighted by Gasteiger charge is 2.27. The van der Waals surface area contributed by atoms with E-state index < -0.39 is 19.9 Å². The van der Waals surface area contributed by atoms with E-state index in [1.807, 2.05) is 0 Å². The van der Waals surface area contributed by atoms with Gasteiger partial charge in [-0.1, -0.05) is 90.4 Å². The number of nitrogens with zero attached hydrogens (tertiary/aromatic N) is 1. The predicted octanol–water partition coefficient (Wildman–Crippen LogP) is 6.16. The topological polar surface area (TPSA) is 94.1 Å². The van der Waals surface area contributed by atoms with Gasteiger partial charge in [0.15, 0.2) is 0 Å². The van der Waals surface area contributed by atoms with Crippen LogP contribution in [0.1, 0.15) is 117 Å². The zero-order chi connectivity index (χ0) is 27.2. The summed E-state index contributed by atoms with van der Waals surface area (Å²) in [6.07, 6.45) is 19.7. The third-order valence-corrected chi connectivity index (χ3v) is 8.19. The van der Waals surface area contributed by atoms with E-state index in [2.05, 4.69) is 14.0 Å². The average molecular weight is 550 g/mol. The molecule has 0 spiro atoms. The summed E-state index contributed by atoms with van der Waals surface area (Å²) in [6.45, 7) is 6.70. The van der Waals surface area contributed by atoms with Crippen LogP contribution in [-0.4, -0.2) is 69.7 Å². The molecular formula is C28H56NO7P. The summed E-state index contributed by atoms with van der Waals surface area (Å²) in [5.74, 6) is -0.498. The summed E-state index contributed by atoms with van der Waals surface area (Å²) in [5, 5.41) is 0. The smallest absolute Gasteiger partial charge is 0.303 e. The van der Waals surface area contributed by atoms with Crippen LogP contribution < -0.4 is 4.89 Å². The quantitative estimate of drug-likeness (QED) is 0.0583. The number of carbonyl (C=O) groups is 1. The standard InChI is InChI=1S/C28H56NO7P/c1-4-5-6-7-8-9-10-11-12-13-14-15-16-19-23-33-25-28(36-27(2)30)26-35-37(31,32)34-24-22-29(3)20-17-18-21-29/h28H,4-26H2,1-3H3/t28-/m0/s1. The van der Waals surface area contributed by atoms with Crippen molar-refractivity contribution < 1.29 is 37.3 Å². The van der Waals surface area contributed by atoms with Crippen molar-refractivity contribution in [1.82, 2.24) is 0 Å². The Morgan fingerprint density at radius 1 is 0.811 bits per heavy atom. The first-order valence-electron chi connectivity index (χ1n) is 14.9. The van der Waals surface area contributed by atoms with Gasteiger partial charge in [0.1, 0.15) is 19.3 Å². The lowest BCUT2D eigenvalue weighted by Gasteiger charge is -2.31. The molecule has 0 aromatic rings. The maximum absolute atomic E-state index is 12.1. The van der Waals surface area contributed by atoms with Crippen molar-refractivity contribution in [1.29, 1.82) is 0 Å². The molecule has 0 amide bonds. The van der Waals surface area contributed by atoms with Crippen molar-refractivity contribution in [2.75, 3.05) is 53.1 Å². The normalized spacial score (nSPS) is 17.5. The maximum atomic E-state index is 12.1. The molecular weight excluding hydrogens is 493 g/mol. The minimum absolute atomic E-state index is 0.0884. The molecule has 220 valence electrons. The molecule has 0 N–H and O–H groups in total. The molecule has 0 radical (unpaired) electrons. The van der Waals surface area contributed by atoms with Crippen LogP contribution in [0.5, 0.6) is 0 Å². The number of rotatable bonds is 25.